The predicted octanol–water partition coefficient (Wildman–Crippen LogP) is 1.40. The Balaban J connectivity index is 0.00000256. The summed E-state index contributed by atoms with van der Waals surface area (Å²) in [6.07, 6.45) is 0. The van der Waals surface area contributed by atoms with Crippen LogP contribution in [0.3, 0.4) is 0 Å². The normalized spacial score (nSPS) is 11.7. The van der Waals surface area contributed by atoms with Crippen molar-refractivity contribution in [2.45, 2.75) is 19.5 Å². The molecule has 0 saturated carbocycles. The van der Waals surface area contributed by atoms with Crippen LogP contribution in [0, 0.1) is 0 Å². The molecule has 96 valence electrons. The van der Waals surface area contributed by atoms with Gasteiger partial charge < -0.3 is 11.5 Å². The predicted molar refractivity (Wildman–Crippen MR) is 83.5 cm³/mol. The zero-order valence-electron chi connectivity index (χ0n) is 10.3. The number of likely N-dealkylation sites (N-methyl/N-ethyl adjacent to an activating group) is 1. The van der Waals surface area contributed by atoms with Crippen LogP contribution in [0.25, 0.3) is 0 Å². The van der Waals surface area contributed by atoms with E-state index in [1.807, 2.05) is 18.2 Å². The molecule has 0 aliphatic rings. The number of hydrogen-bond donors (Lipinski definition) is 2. The summed E-state index contributed by atoms with van der Waals surface area (Å²) < 4.78 is 0. The minimum Gasteiger partial charge on any atom is -0.370 e. The van der Waals surface area contributed by atoms with Gasteiger partial charge in [0.1, 0.15) is 0 Å². The summed E-state index contributed by atoms with van der Waals surface area (Å²) in [5.41, 5.74) is 11.9. The molecule has 0 aliphatic heterocycles. The van der Waals surface area contributed by atoms with Crippen LogP contribution in [0.4, 0.5) is 0 Å². The number of guanidine groups is 1. The van der Waals surface area contributed by atoms with Crippen molar-refractivity contribution < 1.29 is 0 Å². The van der Waals surface area contributed by atoms with Gasteiger partial charge in [0.15, 0.2) is 5.96 Å². The molecule has 0 saturated heterocycles. The molecule has 4 nitrogen and oxygen atoms in total. The lowest BCUT2D eigenvalue weighted by Crippen LogP contribution is -2.33. The van der Waals surface area contributed by atoms with E-state index in [1.54, 1.807) is 0 Å². The van der Waals surface area contributed by atoms with Gasteiger partial charge in [0.25, 0.3) is 0 Å². The molecular weight excluding hydrogens is 327 g/mol. The summed E-state index contributed by atoms with van der Waals surface area (Å²) in [5, 5.41) is 0. The Kier molecular flexibility index (Phi) is 7.90. The molecular formula is C12H21IN4. The van der Waals surface area contributed by atoms with Gasteiger partial charge in [-0.3, -0.25) is 9.89 Å². The fourth-order valence-electron chi connectivity index (χ4n) is 1.40. The molecule has 0 spiro atoms. The summed E-state index contributed by atoms with van der Waals surface area (Å²) >= 11 is 0. The minimum atomic E-state index is 0. The van der Waals surface area contributed by atoms with Crippen molar-refractivity contribution in [2.75, 3.05) is 13.6 Å². The van der Waals surface area contributed by atoms with Crippen molar-refractivity contribution in [2.24, 2.45) is 16.5 Å². The van der Waals surface area contributed by atoms with Crippen molar-refractivity contribution in [1.82, 2.24) is 4.90 Å². The van der Waals surface area contributed by atoms with Crippen molar-refractivity contribution >= 4 is 29.9 Å². The molecule has 17 heavy (non-hydrogen) atoms. The number of hydrogen-bond acceptors (Lipinski definition) is 2. The van der Waals surface area contributed by atoms with Crippen LogP contribution in [-0.2, 0) is 6.54 Å². The highest BCUT2D eigenvalue weighted by atomic mass is 127. The molecule has 0 aliphatic carbocycles. The van der Waals surface area contributed by atoms with Crippen molar-refractivity contribution in [3.63, 3.8) is 0 Å². The highest BCUT2D eigenvalue weighted by Gasteiger charge is 2.08. The van der Waals surface area contributed by atoms with Gasteiger partial charge in [-0.15, -0.1) is 24.0 Å². The number of rotatable bonds is 5. The maximum Gasteiger partial charge on any atom is 0.185 e. The first-order chi connectivity index (χ1) is 7.59. The number of aliphatic imine (C=N–C) groups is 1. The first kappa shape index (κ1) is 16.2. The molecule has 0 fully saturated rings. The number of halogens is 1. The Morgan fingerprint density at radius 1 is 1.29 bits per heavy atom. The molecule has 0 aromatic heterocycles. The van der Waals surface area contributed by atoms with Crippen LogP contribution in [0.2, 0.25) is 0 Å². The van der Waals surface area contributed by atoms with E-state index in [0.717, 1.165) is 6.54 Å². The second-order valence-electron chi connectivity index (χ2n) is 4.02. The maximum atomic E-state index is 5.30. The molecule has 1 atom stereocenters. The van der Waals surface area contributed by atoms with Crippen LogP contribution in [-0.4, -0.2) is 30.5 Å². The molecule has 1 aromatic rings. The Labute approximate surface area is 120 Å². The Morgan fingerprint density at radius 2 is 1.88 bits per heavy atom. The Morgan fingerprint density at radius 3 is 2.41 bits per heavy atom. The van der Waals surface area contributed by atoms with Gasteiger partial charge in [0.05, 0.1) is 6.54 Å². The average molecular weight is 348 g/mol. The fraction of sp³-hybridized carbons (Fsp3) is 0.417. The van der Waals surface area contributed by atoms with Gasteiger partial charge in [-0.2, -0.15) is 0 Å². The zero-order valence-corrected chi connectivity index (χ0v) is 12.7. The average Bonchev–Trinajstić information content (AvgIpc) is 2.27. The SMILES string of the molecule is CC(CN=C(N)N)N(C)Cc1ccccc1.I. The standard InChI is InChI=1S/C12H20N4.HI/c1-10(8-15-12(13)14)16(2)9-11-6-4-3-5-7-11;/h3-7,10H,8-9H2,1-2H3,(H4,13,14,15);1H. The lowest BCUT2D eigenvalue weighted by Gasteiger charge is -2.23. The second kappa shape index (κ2) is 8.30. The van der Waals surface area contributed by atoms with Gasteiger partial charge in [0, 0.05) is 12.6 Å². The smallest absolute Gasteiger partial charge is 0.185 e. The van der Waals surface area contributed by atoms with Gasteiger partial charge in [-0.1, -0.05) is 30.3 Å². The topological polar surface area (TPSA) is 67.6 Å². The van der Waals surface area contributed by atoms with Crippen molar-refractivity contribution in [3.8, 4) is 0 Å². The monoisotopic (exact) mass is 348 g/mol. The van der Waals surface area contributed by atoms with Crippen LogP contribution in [0.15, 0.2) is 35.3 Å². The van der Waals surface area contributed by atoms with Gasteiger partial charge in [-0.25, -0.2) is 0 Å². The van der Waals surface area contributed by atoms with E-state index >= 15 is 0 Å². The molecule has 5 heteroatoms. The van der Waals surface area contributed by atoms with Gasteiger partial charge >= 0.3 is 0 Å². The van der Waals surface area contributed by atoms with E-state index in [2.05, 4.69) is 36.0 Å². The zero-order chi connectivity index (χ0) is 12.0. The van der Waals surface area contributed by atoms with Gasteiger partial charge in [-0.05, 0) is 19.5 Å². The van der Waals surface area contributed by atoms with Crippen LogP contribution in [0.1, 0.15) is 12.5 Å². The third kappa shape index (κ3) is 6.48. The van der Waals surface area contributed by atoms with E-state index in [9.17, 15) is 0 Å². The molecule has 0 heterocycles. The van der Waals surface area contributed by atoms with E-state index in [0.29, 0.717) is 12.6 Å². The van der Waals surface area contributed by atoms with E-state index in [-0.39, 0.29) is 29.9 Å². The quantitative estimate of drug-likeness (QED) is 0.480. The Bertz CT molecular complexity index is 336. The summed E-state index contributed by atoms with van der Waals surface area (Å²) in [7, 11) is 2.07. The molecule has 0 amide bonds. The minimum absolute atomic E-state index is 0. The van der Waals surface area contributed by atoms with Gasteiger partial charge in [0.2, 0.25) is 0 Å². The van der Waals surface area contributed by atoms with E-state index < -0.39 is 0 Å². The first-order valence-electron chi connectivity index (χ1n) is 5.39. The summed E-state index contributed by atoms with van der Waals surface area (Å²) in [6, 6.07) is 10.7. The molecule has 1 rings (SSSR count). The molecule has 1 aromatic carbocycles. The van der Waals surface area contributed by atoms with Crippen LogP contribution < -0.4 is 11.5 Å². The maximum absolute atomic E-state index is 5.30. The molecule has 0 bridgehead atoms. The summed E-state index contributed by atoms with van der Waals surface area (Å²) in [5.74, 6) is 0.153. The van der Waals surface area contributed by atoms with E-state index in [4.69, 9.17) is 11.5 Å². The Hall–Kier alpha value is -0.820. The van der Waals surface area contributed by atoms with Crippen LogP contribution >= 0.6 is 24.0 Å². The third-order valence-corrected chi connectivity index (χ3v) is 2.57. The lowest BCUT2D eigenvalue weighted by atomic mass is 10.2. The van der Waals surface area contributed by atoms with Crippen molar-refractivity contribution in [3.05, 3.63) is 35.9 Å². The first-order valence-corrected chi connectivity index (χ1v) is 5.39. The third-order valence-electron chi connectivity index (χ3n) is 2.57. The number of benzene rings is 1. The highest BCUT2D eigenvalue weighted by molar-refractivity contribution is 14.0. The second-order valence-corrected chi connectivity index (χ2v) is 4.02. The number of nitrogens with zero attached hydrogens (tertiary/aromatic N) is 2. The summed E-state index contributed by atoms with van der Waals surface area (Å²) in [6.45, 7) is 3.64. The van der Waals surface area contributed by atoms with Crippen LogP contribution in [0.5, 0.6) is 0 Å². The highest BCUT2D eigenvalue weighted by Crippen LogP contribution is 2.05. The summed E-state index contributed by atoms with van der Waals surface area (Å²) in [4.78, 5) is 6.24. The van der Waals surface area contributed by atoms with Crippen molar-refractivity contribution in [1.29, 1.82) is 0 Å². The molecule has 0 radical (unpaired) electrons. The number of nitrogens with two attached hydrogens (primary N) is 2. The fourth-order valence-corrected chi connectivity index (χ4v) is 1.40. The lowest BCUT2D eigenvalue weighted by molar-refractivity contribution is 0.255. The molecule has 1 unspecified atom stereocenters. The molecule has 4 N–H and O–H groups in total. The van der Waals surface area contributed by atoms with E-state index in [1.165, 1.54) is 5.56 Å². The largest absolute Gasteiger partial charge is 0.370 e.